The number of nitrogens with one attached hydrogen (secondary N) is 1. The number of benzene rings is 1. The number of hydrogen-bond acceptors (Lipinski definition) is 4. The molecule has 2 amide bonds. The standard InChI is InChI=1S/C16H20N2O3S/c1-4-15(20)17-12-6-5-10(2)14(7-12)18-9-13(8-16(18)21)22-11(3)19/h5-7,13H,4,8-9H2,1-3H3,(H,17,20). The van der Waals surface area contributed by atoms with Crippen molar-refractivity contribution in [2.45, 2.75) is 38.9 Å². The van der Waals surface area contributed by atoms with E-state index >= 15 is 0 Å². The van der Waals surface area contributed by atoms with Crippen molar-refractivity contribution in [3.05, 3.63) is 23.8 Å². The Bertz CT molecular complexity index is 615. The number of nitrogens with zero attached hydrogens (tertiary/aromatic N) is 1. The molecule has 1 unspecified atom stereocenters. The Balaban J connectivity index is 2.20. The number of carbonyl (C=O) groups excluding carboxylic acids is 3. The van der Waals surface area contributed by atoms with Gasteiger partial charge >= 0.3 is 0 Å². The molecule has 1 N–H and O–H groups in total. The van der Waals surface area contributed by atoms with Crippen molar-refractivity contribution in [3.8, 4) is 0 Å². The lowest BCUT2D eigenvalue weighted by atomic mass is 10.1. The number of rotatable bonds is 4. The Labute approximate surface area is 134 Å². The Morgan fingerprint density at radius 1 is 1.41 bits per heavy atom. The highest BCUT2D eigenvalue weighted by Crippen LogP contribution is 2.32. The normalized spacial score (nSPS) is 17.7. The van der Waals surface area contributed by atoms with Gasteiger partial charge in [0.1, 0.15) is 0 Å². The van der Waals surface area contributed by atoms with Gasteiger partial charge in [0.05, 0.1) is 0 Å². The SMILES string of the molecule is CCC(=O)Nc1ccc(C)c(N2CC(SC(C)=O)CC2=O)c1. The van der Waals surface area contributed by atoms with E-state index in [1.165, 1.54) is 18.7 Å². The summed E-state index contributed by atoms with van der Waals surface area (Å²) >= 11 is 1.22. The topological polar surface area (TPSA) is 66.5 Å². The first-order chi connectivity index (χ1) is 10.4. The summed E-state index contributed by atoms with van der Waals surface area (Å²) < 4.78 is 0. The number of carbonyl (C=O) groups is 3. The highest BCUT2D eigenvalue weighted by molar-refractivity contribution is 8.14. The average Bonchev–Trinajstić information content (AvgIpc) is 2.80. The van der Waals surface area contributed by atoms with Crippen LogP contribution in [0, 0.1) is 6.92 Å². The molecule has 1 heterocycles. The van der Waals surface area contributed by atoms with Gasteiger partial charge in [0.25, 0.3) is 0 Å². The van der Waals surface area contributed by atoms with Crippen LogP contribution in [-0.4, -0.2) is 28.7 Å². The van der Waals surface area contributed by atoms with Gasteiger partial charge in [-0.25, -0.2) is 0 Å². The number of aryl methyl sites for hydroxylation is 1. The minimum Gasteiger partial charge on any atom is -0.326 e. The van der Waals surface area contributed by atoms with Crippen LogP contribution < -0.4 is 10.2 Å². The summed E-state index contributed by atoms with van der Waals surface area (Å²) in [5.41, 5.74) is 2.45. The molecule has 0 aliphatic carbocycles. The Hall–Kier alpha value is -1.82. The Morgan fingerprint density at radius 3 is 2.77 bits per heavy atom. The molecule has 0 radical (unpaired) electrons. The fraction of sp³-hybridized carbons (Fsp3) is 0.438. The second-order valence-corrected chi connectivity index (χ2v) is 6.82. The third-order valence-electron chi connectivity index (χ3n) is 3.53. The van der Waals surface area contributed by atoms with Crippen LogP contribution in [0.2, 0.25) is 0 Å². The van der Waals surface area contributed by atoms with Gasteiger partial charge in [-0.1, -0.05) is 24.8 Å². The van der Waals surface area contributed by atoms with Crippen molar-refractivity contribution in [1.29, 1.82) is 0 Å². The van der Waals surface area contributed by atoms with Gasteiger partial charge in [0.15, 0.2) is 5.12 Å². The molecular formula is C16H20N2O3S. The first-order valence-corrected chi connectivity index (χ1v) is 8.16. The van der Waals surface area contributed by atoms with E-state index in [0.29, 0.717) is 25.1 Å². The lowest BCUT2D eigenvalue weighted by Gasteiger charge is -2.20. The number of amides is 2. The summed E-state index contributed by atoms with van der Waals surface area (Å²) in [5.74, 6) is -0.0478. The Kier molecular flexibility index (Phi) is 5.24. The molecule has 6 heteroatoms. The molecule has 22 heavy (non-hydrogen) atoms. The Morgan fingerprint density at radius 2 is 2.14 bits per heavy atom. The predicted octanol–water partition coefficient (Wildman–Crippen LogP) is 2.73. The van der Waals surface area contributed by atoms with Crippen molar-refractivity contribution < 1.29 is 14.4 Å². The largest absolute Gasteiger partial charge is 0.326 e. The first kappa shape index (κ1) is 16.5. The molecule has 0 bridgehead atoms. The van der Waals surface area contributed by atoms with Crippen LogP contribution in [0.1, 0.15) is 32.3 Å². The highest BCUT2D eigenvalue weighted by atomic mass is 32.2. The van der Waals surface area contributed by atoms with Crippen LogP contribution in [0.15, 0.2) is 18.2 Å². The summed E-state index contributed by atoms with van der Waals surface area (Å²) in [6, 6.07) is 5.54. The molecule has 0 saturated carbocycles. The van der Waals surface area contributed by atoms with Crippen molar-refractivity contribution in [2.24, 2.45) is 0 Å². The molecule has 1 aromatic rings. The molecule has 1 saturated heterocycles. The van der Waals surface area contributed by atoms with Gasteiger partial charge in [0.2, 0.25) is 11.8 Å². The zero-order valence-electron chi connectivity index (χ0n) is 13.0. The van der Waals surface area contributed by atoms with Crippen molar-refractivity contribution in [2.75, 3.05) is 16.8 Å². The second kappa shape index (κ2) is 6.96. The predicted molar refractivity (Wildman–Crippen MR) is 89.1 cm³/mol. The molecule has 2 rings (SSSR count). The fourth-order valence-corrected chi connectivity index (χ4v) is 3.37. The average molecular weight is 320 g/mol. The van der Waals surface area contributed by atoms with E-state index in [2.05, 4.69) is 5.32 Å². The van der Waals surface area contributed by atoms with Crippen LogP contribution in [-0.2, 0) is 14.4 Å². The summed E-state index contributed by atoms with van der Waals surface area (Å²) in [6.07, 6.45) is 0.776. The molecule has 5 nitrogen and oxygen atoms in total. The van der Waals surface area contributed by atoms with Crippen molar-refractivity contribution in [3.63, 3.8) is 0 Å². The van der Waals surface area contributed by atoms with Gasteiger partial charge in [-0.3, -0.25) is 14.4 Å². The minimum absolute atomic E-state index is 0.00158. The molecule has 0 spiro atoms. The van der Waals surface area contributed by atoms with Crippen LogP contribution in [0.4, 0.5) is 11.4 Å². The monoisotopic (exact) mass is 320 g/mol. The smallest absolute Gasteiger partial charge is 0.228 e. The molecule has 118 valence electrons. The molecule has 0 aromatic heterocycles. The van der Waals surface area contributed by atoms with Crippen LogP contribution in [0.5, 0.6) is 0 Å². The summed E-state index contributed by atoms with van der Waals surface area (Å²) in [6.45, 7) is 5.76. The molecule has 1 aliphatic rings. The number of thioether (sulfide) groups is 1. The third-order valence-corrected chi connectivity index (χ3v) is 4.51. The van der Waals surface area contributed by atoms with E-state index < -0.39 is 0 Å². The molecule has 1 fully saturated rings. The van der Waals surface area contributed by atoms with E-state index in [9.17, 15) is 14.4 Å². The van der Waals surface area contributed by atoms with E-state index in [-0.39, 0.29) is 22.2 Å². The van der Waals surface area contributed by atoms with E-state index in [0.717, 1.165) is 11.3 Å². The van der Waals surface area contributed by atoms with Gasteiger partial charge < -0.3 is 10.2 Å². The minimum atomic E-state index is -0.0624. The lowest BCUT2D eigenvalue weighted by Crippen LogP contribution is -2.26. The van der Waals surface area contributed by atoms with Gasteiger partial charge in [-0.05, 0) is 24.6 Å². The first-order valence-electron chi connectivity index (χ1n) is 7.28. The van der Waals surface area contributed by atoms with Gasteiger partial charge in [0, 0.05) is 42.9 Å². The maximum Gasteiger partial charge on any atom is 0.228 e. The summed E-state index contributed by atoms with van der Waals surface area (Å²) in [7, 11) is 0. The fourth-order valence-electron chi connectivity index (χ4n) is 2.45. The lowest BCUT2D eigenvalue weighted by molar-refractivity contribution is -0.117. The zero-order chi connectivity index (χ0) is 16.3. The zero-order valence-corrected chi connectivity index (χ0v) is 13.8. The third kappa shape index (κ3) is 3.88. The van der Waals surface area contributed by atoms with Gasteiger partial charge in [-0.2, -0.15) is 0 Å². The molecule has 1 aromatic carbocycles. The molecule has 1 atom stereocenters. The van der Waals surface area contributed by atoms with E-state index in [4.69, 9.17) is 0 Å². The van der Waals surface area contributed by atoms with Crippen molar-refractivity contribution >= 4 is 40.1 Å². The highest BCUT2D eigenvalue weighted by Gasteiger charge is 2.32. The van der Waals surface area contributed by atoms with Crippen LogP contribution in [0.25, 0.3) is 0 Å². The summed E-state index contributed by atoms with van der Waals surface area (Å²) in [4.78, 5) is 36.6. The quantitative estimate of drug-likeness (QED) is 0.926. The second-order valence-electron chi connectivity index (χ2n) is 5.34. The maximum atomic E-state index is 12.2. The van der Waals surface area contributed by atoms with Crippen LogP contribution >= 0.6 is 11.8 Å². The molecular weight excluding hydrogens is 300 g/mol. The van der Waals surface area contributed by atoms with Crippen molar-refractivity contribution in [1.82, 2.24) is 0 Å². The van der Waals surface area contributed by atoms with E-state index in [1.807, 2.05) is 25.1 Å². The summed E-state index contributed by atoms with van der Waals surface area (Å²) in [5, 5.41) is 2.83. The number of hydrogen-bond donors (Lipinski definition) is 1. The van der Waals surface area contributed by atoms with E-state index in [1.54, 1.807) is 11.8 Å². The number of anilines is 2. The molecule has 1 aliphatic heterocycles. The van der Waals surface area contributed by atoms with Gasteiger partial charge in [-0.15, -0.1) is 0 Å². The maximum absolute atomic E-state index is 12.2. The van der Waals surface area contributed by atoms with Crippen LogP contribution in [0.3, 0.4) is 0 Å².